The van der Waals surface area contributed by atoms with Crippen LogP contribution in [-0.4, -0.2) is 22.0 Å². The van der Waals surface area contributed by atoms with Crippen molar-refractivity contribution in [3.05, 3.63) is 65.5 Å². The number of benzene rings is 2. The minimum atomic E-state index is -0.0396. The molecule has 0 atom stereocenters. The number of nitrogens with zero attached hydrogens (tertiary/aromatic N) is 2. The topological polar surface area (TPSA) is 46.9 Å². The van der Waals surface area contributed by atoms with Crippen molar-refractivity contribution in [1.29, 1.82) is 0 Å². The van der Waals surface area contributed by atoms with Crippen LogP contribution < -0.4 is 5.32 Å². The zero-order valence-electron chi connectivity index (χ0n) is 14.4. The molecule has 24 heavy (non-hydrogen) atoms. The number of hydrogen-bond donors (Lipinski definition) is 1. The van der Waals surface area contributed by atoms with Crippen molar-refractivity contribution < 1.29 is 4.79 Å². The Morgan fingerprint density at radius 2 is 1.83 bits per heavy atom. The van der Waals surface area contributed by atoms with E-state index in [1.165, 1.54) is 0 Å². The Morgan fingerprint density at radius 1 is 1.12 bits per heavy atom. The summed E-state index contributed by atoms with van der Waals surface area (Å²) in [6.45, 7) is 6.89. The molecular weight excluding hydrogens is 298 g/mol. The molecule has 0 unspecified atom stereocenters. The van der Waals surface area contributed by atoms with E-state index >= 15 is 0 Å². The molecule has 0 saturated carbocycles. The molecule has 0 aliphatic rings. The van der Waals surface area contributed by atoms with E-state index in [0.717, 1.165) is 22.4 Å². The number of fused-ring (bicyclic) bond motifs is 1. The molecule has 0 fully saturated rings. The molecule has 3 aromatic rings. The van der Waals surface area contributed by atoms with Gasteiger partial charge in [0.1, 0.15) is 5.82 Å². The fourth-order valence-electron chi connectivity index (χ4n) is 2.94. The van der Waals surface area contributed by atoms with E-state index in [1.807, 2.05) is 49.4 Å². The number of hydrogen-bond acceptors (Lipinski definition) is 2. The molecule has 4 heteroatoms. The van der Waals surface area contributed by atoms with Gasteiger partial charge in [-0.15, -0.1) is 0 Å². The van der Waals surface area contributed by atoms with E-state index in [2.05, 4.69) is 29.8 Å². The lowest BCUT2D eigenvalue weighted by Crippen LogP contribution is -2.26. The molecule has 0 bridgehead atoms. The minimum Gasteiger partial charge on any atom is -0.352 e. The predicted octanol–water partition coefficient (Wildman–Crippen LogP) is 3.90. The molecule has 124 valence electrons. The van der Waals surface area contributed by atoms with Crippen molar-refractivity contribution in [2.45, 2.75) is 33.2 Å². The molecule has 0 radical (unpaired) electrons. The van der Waals surface area contributed by atoms with Crippen molar-refractivity contribution in [3.8, 4) is 0 Å². The largest absolute Gasteiger partial charge is 0.352 e. The Morgan fingerprint density at radius 3 is 2.54 bits per heavy atom. The van der Waals surface area contributed by atoms with Gasteiger partial charge in [-0.3, -0.25) is 4.79 Å². The third kappa shape index (κ3) is 3.32. The number of carbonyl (C=O) groups excluding carboxylic acids is 1. The fourth-order valence-corrected chi connectivity index (χ4v) is 2.94. The van der Waals surface area contributed by atoms with Crippen LogP contribution >= 0.6 is 0 Å². The highest BCUT2D eigenvalue weighted by atomic mass is 16.1. The highest BCUT2D eigenvalue weighted by Crippen LogP contribution is 2.21. The fraction of sp³-hybridized carbons (Fsp3) is 0.300. The summed E-state index contributed by atoms with van der Waals surface area (Å²) >= 11 is 0. The van der Waals surface area contributed by atoms with Gasteiger partial charge >= 0.3 is 0 Å². The van der Waals surface area contributed by atoms with Crippen LogP contribution in [0.4, 0.5) is 0 Å². The third-order valence-electron chi connectivity index (χ3n) is 4.13. The molecule has 1 aromatic heterocycles. The Bertz CT molecular complexity index is 847. The molecule has 0 aliphatic heterocycles. The summed E-state index contributed by atoms with van der Waals surface area (Å²) in [5, 5.41) is 2.99. The number of para-hydroxylation sites is 2. The maximum atomic E-state index is 12.2. The number of aryl methyl sites for hydroxylation is 1. The van der Waals surface area contributed by atoms with Crippen LogP contribution in [0.5, 0.6) is 0 Å². The molecule has 3 rings (SSSR count). The Labute approximate surface area is 142 Å². The molecule has 1 heterocycles. The third-order valence-corrected chi connectivity index (χ3v) is 4.13. The number of imidazole rings is 1. The maximum absolute atomic E-state index is 12.2. The second-order valence-corrected chi connectivity index (χ2v) is 6.35. The highest BCUT2D eigenvalue weighted by Gasteiger charge is 2.13. The molecular formula is C20H23N3O. The second kappa shape index (κ2) is 6.87. The van der Waals surface area contributed by atoms with Crippen LogP contribution in [0.1, 0.15) is 41.6 Å². The van der Waals surface area contributed by atoms with Crippen molar-refractivity contribution in [3.63, 3.8) is 0 Å². The van der Waals surface area contributed by atoms with E-state index in [0.29, 0.717) is 24.6 Å². The van der Waals surface area contributed by atoms with E-state index in [1.54, 1.807) is 0 Å². The summed E-state index contributed by atoms with van der Waals surface area (Å²) in [6.07, 6.45) is 0.713. The lowest BCUT2D eigenvalue weighted by molar-refractivity contribution is 0.0954. The first-order valence-electron chi connectivity index (χ1n) is 8.37. The summed E-state index contributed by atoms with van der Waals surface area (Å²) in [5.74, 6) is 0.970. The quantitative estimate of drug-likeness (QED) is 0.775. The van der Waals surface area contributed by atoms with Crippen molar-refractivity contribution in [2.24, 2.45) is 0 Å². The second-order valence-electron chi connectivity index (χ2n) is 6.35. The van der Waals surface area contributed by atoms with E-state index in [4.69, 9.17) is 4.98 Å². The summed E-state index contributed by atoms with van der Waals surface area (Å²) < 4.78 is 2.24. The Balaban J connectivity index is 1.70. The van der Waals surface area contributed by atoms with Crippen LogP contribution in [0.25, 0.3) is 11.0 Å². The predicted molar refractivity (Wildman–Crippen MR) is 97.3 cm³/mol. The van der Waals surface area contributed by atoms with Crippen LogP contribution in [0.15, 0.2) is 48.5 Å². The highest BCUT2D eigenvalue weighted by molar-refractivity contribution is 5.94. The van der Waals surface area contributed by atoms with Gasteiger partial charge < -0.3 is 9.88 Å². The molecule has 1 N–H and O–H groups in total. The average Bonchev–Trinajstić information content (AvgIpc) is 2.93. The van der Waals surface area contributed by atoms with Gasteiger partial charge in [-0.2, -0.15) is 0 Å². The number of amides is 1. The molecule has 0 saturated heterocycles. The molecule has 2 aromatic carbocycles. The number of carbonyl (C=O) groups is 1. The molecule has 0 spiro atoms. The molecule has 4 nitrogen and oxygen atoms in total. The van der Waals surface area contributed by atoms with E-state index < -0.39 is 0 Å². The summed E-state index contributed by atoms with van der Waals surface area (Å²) in [5.41, 5.74) is 3.99. The van der Waals surface area contributed by atoms with Gasteiger partial charge in [0, 0.05) is 24.6 Å². The summed E-state index contributed by atoms with van der Waals surface area (Å²) in [4.78, 5) is 16.9. The van der Waals surface area contributed by atoms with Crippen LogP contribution in [0, 0.1) is 6.92 Å². The Kier molecular flexibility index (Phi) is 4.65. The first kappa shape index (κ1) is 16.2. The first-order valence-corrected chi connectivity index (χ1v) is 8.37. The summed E-state index contributed by atoms with van der Waals surface area (Å²) in [7, 11) is 0. The van der Waals surface area contributed by atoms with Crippen LogP contribution in [0.3, 0.4) is 0 Å². The average molecular weight is 321 g/mol. The van der Waals surface area contributed by atoms with Gasteiger partial charge in [-0.25, -0.2) is 4.98 Å². The van der Waals surface area contributed by atoms with Crippen LogP contribution in [-0.2, 0) is 6.42 Å². The lowest BCUT2D eigenvalue weighted by atomic mass is 10.1. The zero-order chi connectivity index (χ0) is 17.1. The monoisotopic (exact) mass is 321 g/mol. The normalized spacial score (nSPS) is 11.2. The maximum Gasteiger partial charge on any atom is 0.251 e. The van der Waals surface area contributed by atoms with Gasteiger partial charge in [-0.05, 0) is 45.0 Å². The van der Waals surface area contributed by atoms with Crippen molar-refractivity contribution >= 4 is 16.9 Å². The van der Waals surface area contributed by atoms with Gasteiger partial charge in [0.25, 0.3) is 5.91 Å². The first-order chi connectivity index (χ1) is 11.6. The van der Waals surface area contributed by atoms with Gasteiger partial charge in [-0.1, -0.05) is 29.8 Å². The van der Waals surface area contributed by atoms with Gasteiger partial charge in [0.15, 0.2) is 0 Å². The standard InChI is InChI=1S/C20H23N3O/c1-14(2)23-18-7-5-4-6-17(18)22-19(23)12-13-21-20(24)16-10-8-15(3)9-11-16/h4-11,14H,12-13H2,1-3H3,(H,21,24). The Hall–Kier alpha value is -2.62. The minimum absolute atomic E-state index is 0.0396. The number of aromatic nitrogens is 2. The van der Waals surface area contributed by atoms with Crippen LogP contribution in [0.2, 0.25) is 0 Å². The van der Waals surface area contributed by atoms with E-state index in [-0.39, 0.29) is 5.91 Å². The lowest BCUT2D eigenvalue weighted by Gasteiger charge is -2.13. The molecule has 1 amide bonds. The van der Waals surface area contributed by atoms with Crippen molar-refractivity contribution in [1.82, 2.24) is 14.9 Å². The van der Waals surface area contributed by atoms with Crippen molar-refractivity contribution in [2.75, 3.05) is 6.54 Å². The van der Waals surface area contributed by atoms with Gasteiger partial charge in [0.05, 0.1) is 11.0 Å². The zero-order valence-corrected chi connectivity index (χ0v) is 14.4. The number of nitrogens with one attached hydrogen (secondary N) is 1. The summed E-state index contributed by atoms with van der Waals surface area (Å²) in [6, 6.07) is 16.1. The molecule has 0 aliphatic carbocycles. The SMILES string of the molecule is Cc1ccc(C(=O)NCCc2nc3ccccc3n2C(C)C)cc1. The smallest absolute Gasteiger partial charge is 0.251 e. The number of rotatable bonds is 5. The van der Waals surface area contributed by atoms with E-state index in [9.17, 15) is 4.79 Å². The van der Waals surface area contributed by atoms with Gasteiger partial charge in [0.2, 0.25) is 0 Å².